The van der Waals surface area contributed by atoms with Gasteiger partial charge >= 0.3 is 0 Å². The van der Waals surface area contributed by atoms with Gasteiger partial charge < -0.3 is 10.4 Å². The summed E-state index contributed by atoms with van der Waals surface area (Å²) in [5.74, 6) is -1.58. The molecule has 5 nitrogen and oxygen atoms in total. The van der Waals surface area contributed by atoms with Crippen molar-refractivity contribution in [1.29, 1.82) is 0 Å². The van der Waals surface area contributed by atoms with Gasteiger partial charge in [-0.2, -0.15) is 0 Å². The van der Waals surface area contributed by atoms with E-state index in [9.17, 15) is 14.7 Å². The van der Waals surface area contributed by atoms with Crippen molar-refractivity contribution >= 4 is 40.6 Å². The number of nitrogens with one attached hydrogen (secondary N) is 2. The van der Waals surface area contributed by atoms with Gasteiger partial charge in [0, 0.05) is 29.1 Å². The van der Waals surface area contributed by atoms with Gasteiger partial charge in [0.05, 0.1) is 17.2 Å². The third-order valence-electron chi connectivity index (χ3n) is 9.34. The second-order valence-electron chi connectivity index (χ2n) is 11.6. The molecule has 0 bridgehead atoms. The van der Waals surface area contributed by atoms with Crippen molar-refractivity contribution in [2.45, 2.75) is 87.3 Å². The summed E-state index contributed by atoms with van der Waals surface area (Å²) in [6, 6.07) is 8.81. The maximum Gasteiger partial charge on any atom is 0.237 e. The molecule has 8 heteroatoms. The lowest BCUT2D eigenvalue weighted by Gasteiger charge is -2.35. The Balaban J connectivity index is 1.51. The molecule has 0 aromatic heterocycles. The average molecular weight is 572 g/mol. The fourth-order valence-corrected chi connectivity index (χ4v) is 7.81. The van der Waals surface area contributed by atoms with Crippen LogP contribution in [0.2, 0.25) is 10.0 Å². The summed E-state index contributed by atoms with van der Waals surface area (Å²) in [6.07, 6.45) is 9.10. The number of hydrogen-bond acceptors (Lipinski definition) is 4. The first-order chi connectivity index (χ1) is 18.8. The van der Waals surface area contributed by atoms with E-state index >= 15 is 4.39 Å². The summed E-state index contributed by atoms with van der Waals surface area (Å²) in [4.78, 5) is 28.3. The normalized spacial score (nSPS) is 31.9. The molecule has 2 aromatic carbocycles. The van der Waals surface area contributed by atoms with Crippen molar-refractivity contribution in [2.24, 2.45) is 5.92 Å². The number of hydrogen-bond donors (Lipinski definition) is 3. The van der Waals surface area contributed by atoms with Gasteiger partial charge in [0.2, 0.25) is 5.91 Å². The standard InChI is InChI=1S/C31H33Cl2FN2O3/c32-19-10-13-22-24(16-19)35-30(39)31(22)26(15-17-4-1-2-5-17)36-29(25(38)14-18-8-11-20(37)12-9-18)27(31)21-6-3-7-23(33)28(21)34/h3,6-7,10,13,15-16,18,20,26-27,29,36-37H,1-2,4-5,8-9,11-12,14H2,(H,35,39)/t18?,20?,26-,27+,29+,31+/m1/s1. The smallest absolute Gasteiger partial charge is 0.237 e. The maximum absolute atomic E-state index is 15.9. The topological polar surface area (TPSA) is 78.4 Å². The summed E-state index contributed by atoms with van der Waals surface area (Å²) >= 11 is 12.6. The summed E-state index contributed by atoms with van der Waals surface area (Å²) < 4.78 is 15.9. The van der Waals surface area contributed by atoms with E-state index in [2.05, 4.69) is 16.7 Å². The molecule has 2 heterocycles. The van der Waals surface area contributed by atoms with E-state index in [0.717, 1.165) is 38.5 Å². The highest BCUT2D eigenvalue weighted by Crippen LogP contribution is 2.56. The number of carbonyl (C=O) groups is 2. The second-order valence-corrected chi connectivity index (χ2v) is 12.5. The van der Waals surface area contributed by atoms with Gasteiger partial charge in [-0.25, -0.2) is 4.39 Å². The fourth-order valence-electron chi connectivity index (χ4n) is 7.46. The molecule has 2 aromatic rings. The number of aliphatic hydroxyl groups is 1. The van der Waals surface area contributed by atoms with E-state index in [-0.39, 0.29) is 34.3 Å². The van der Waals surface area contributed by atoms with Crippen molar-refractivity contribution in [1.82, 2.24) is 5.32 Å². The van der Waals surface area contributed by atoms with E-state index in [1.165, 1.54) is 11.6 Å². The molecule has 39 heavy (non-hydrogen) atoms. The molecule has 2 aliphatic carbocycles. The summed E-state index contributed by atoms with van der Waals surface area (Å²) in [7, 11) is 0. The lowest BCUT2D eigenvalue weighted by Crippen LogP contribution is -2.47. The van der Waals surface area contributed by atoms with Crippen LogP contribution in [0.5, 0.6) is 0 Å². The third kappa shape index (κ3) is 4.63. The van der Waals surface area contributed by atoms with Crippen LogP contribution in [0.25, 0.3) is 0 Å². The quantitative estimate of drug-likeness (QED) is 0.360. The van der Waals surface area contributed by atoms with Gasteiger partial charge in [-0.1, -0.05) is 53.1 Å². The van der Waals surface area contributed by atoms with Gasteiger partial charge in [0.15, 0.2) is 5.78 Å². The van der Waals surface area contributed by atoms with Gasteiger partial charge in [-0.05, 0) is 86.6 Å². The van der Waals surface area contributed by atoms with Crippen molar-refractivity contribution in [3.63, 3.8) is 0 Å². The van der Waals surface area contributed by atoms with Crippen molar-refractivity contribution < 1.29 is 19.1 Å². The predicted octanol–water partition coefficient (Wildman–Crippen LogP) is 6.46. The Hall–Kier alpha value is -2.25. The summed E-state index contributed by atoms with van der Waals surface area (Å²) in [5.41, 5.74) is 1.56. The van der Waals surface area contributed by atoms with Crippen molar-refractivity contribution in [2.75, 3.05) is 5.32 Å². The lowest BCUT2D eigenvalue weighted by molar-refractivity contribution is -0.123. The van der Waals surface area contributed by atoms with Crippen LogP contribution in [0.4, 0.5) is 10.1 Å². The van der Waals surface area contributed by atoms with Crippen LogP contribution in [0, 0.1) is 11.7 Å². The van der Waals surface area contributed by atoms with Crippen LogP contribution in [-0.2, 0) is 15.0 Å². The zero-order valence-electron chi connectivity index (χ0n) is 21.7. The molecule has 1 amide bonds. The molecule has 206 valence electrons. The second kappa shape index (κ2) is 10.6. The van der Waals surface area contributed by atoms with Gasteiger partial charge in [-0.3, -0.25) is 14.9 Å². The first-order valence-electron chi connectivity index (χ1n) is 14.0. The molecular weight excluding hydrogens is 538 g/mol. The molecule has 2 aliphatic heterocycles. The van der Waals surface area contributed by atoms with E-state index < -0.39 is 29.2 Å². The molecule has 0 unspecified atom stereocenters. The van der Waals surface area contributed by atoms with E-state index in [1.807, 2.05) is 6.07 Å². The Morgan fingerprint density at radius 3 is 2.59 bits per heavy atom. The zero-order valence-corrected chi connectivity index (χ0v) is 23.2. The lowest BCUT2D eigenvalue weighted by atomic mass is 9.63. The van der Waals surface area contributed by atoms with Gasteiger partial charge in [0.25, 0.3) is 0 Å². The average Bonchev–Trinajstić information content (AvgIpc) is 3.61. The number of rotatable bonds is 5. The molecule has 3 N–H and O–H groups in total. The van der Waals surface area contributed by atoms with Crippen LogP contribution in [0.1, 0.15) is 74.8 Å². The predicted molar refractivity (Wildman–Crippen MR) is 151 cm³/mol. The monoisotopic (exact) mass is 570 g/mol. The molecule has 1 saturated heterocycles. The van der Waals surface area contributed by atoms with Crippen molar-refractivity contribution in [3.8, 4) is 0 Å². The molecule has 4 aliphatic rings. The Bertz CT molecular complexity index is 1330. The van der Waals surface area contributed by atoms with Gasteiger partial charge in [-0.15, -0.1) is 0 Å². The SMILES string of the molecule is O=C(CC1CCC(O)CC1)[C@@H]1N[C@H](C=C2CCCC2)[C@]2(C(=O)Nc3cc(Cl)ccc32)[C@H]1c1cccc(Cl)c1F. The number of aliphatic hydroxyl groups excluding tert-OH is 1. The number of anilines is 1. The van der Waals surface area contributed by atoms with E-state index in [4.69, 9.17) is 23.2 Å². The number of carbonyl (C=O) groups excluding carboxylic acids is 2. The number of fused-ring (bicyclic) bond motifs is 2. The Kier molecular flexibility index (Phi) is 7.34. The number of benzene rings is 2. The molecular formula is C31H33Cl2FN2O3. The minimum atomic E-state index is -1.26. The highest BCUT2D eigenvalue weighted by molar-refractivity contribution is 6.31. The molecule has 2 saturated carbocycles. The fraction of sp³-hybridized carbons (Fsp3) is 0.484. The molecule has 3 fully saturated rings. The van der Waals surface area contributed by atoms with E-state index in [1.54, 1.807) is 24.3 Å². The first-order valence-corrected chi connectivity index (χ1v) is 14.8. The highest BCUT2D eigenvalue weighted by Gasteiger charge is 2.65. The Labute approximate surface area is 238 Å². The highest BCUT2D eigenvalue weighted by atomic mass is 35.5. The Morgan fingerprint density at radius 2 is 1.85 bits per heavy atom. The van der Waals surface area contributed by atoms with E-state index in [0.29, 0.717) is 35.5 Å². The summed E-state index contributed by atoms with van der Waals surface area (Å²) in [5, 5.41) is 17.0. The number of amides is 1. The number of allylic oxidation sites excluding steroid dienone is 1. The van der Waals surface area contributed by atoms with Crippen LogP contribution < -0.4 is 10.6 Å². The molecule has 1 spiro atoms. The van der Waals surface area contributed by atoms with Gasteiger partial charge in [0.1, 0.15) is 11.2 Å². The molecule has 0 radical (unpaired) electrons. The summed E-state index contributed by atoms with van der Waals surface area (Å²) in [6.45, 7) is 0. The third-order valence-corrected chi connectivity index (χ3v) is 9.87. The maximum atomic E-state index is 15.9. The van der Waals surface area contributed by atoms with Crippen LogP contribution >= 0.6 is 23.2 Å². The number of Topliss-reactive ketones (excluding diaryl/α,β-unsaturated/α-hetero) is 1. The van der Waals surface area contributed by atoms with Crippen molar-refractivity contribution in [3.05, 3.63) is 75.0 Å². The zero-order chi connectivity index (χ0) is 27.3. The van der Waals surface area contributed by atoms with Crippen LogP contribution in [0.15, 0.2) is 48.0 Å². The number of halogens is 3. The largest absolute Gasteiger partial charge is 0.393 e. The first kappa shape index (κ1) is 26.9. The minimum absolute atomic E-state index is 0.0392. The molecule has 4 atom stereocenters. The number of ketones is 1. The molecule has 6 rings (SSSR count). The minimum Gasteiger partial charge on any atom is -0.393 e. The van der Waals surface area contributed by atoms with Crippen LogP contribution in [0.3, 0.4) is 0 Å². The Morgan fingerprint density at radius 1 is 1.10 bits per heavy atom. The van der Waals surface area contributed by atoms with Crippen LogP contribution in [-0.4, -0.2) is 35.0 Å².